The summed E-state index contributed by atoms with van der Waals surface area (Å²) in [7, 11) is 1.43. The molecule has 8 unspecified atom stereocenters. The predicted octanol–water partition coefficient (Wildman–Crippen LogP) is -4.09. The van der Waals surface area contributed by atoms with Crippen molar-refractivity contribution in [1.29, 1.82) is 0 Å². The van der Waals surface area contributed by atoms with Crippen LogP contribution in [-0.4, -0.2) is 100 Å². The molecular formula is C13H23NO9. The number of ether oxygens (including phenoxy) is 2. The average Bonchev–Trinajstić information content (AvgIpc) is 2.54. The van der Waals surface area contributed by atoms with Crippen LogP contribution in [0.4, 0.5) is 0 Å². The summed E-state index contributed by atoms with van der Waals surface area (Å²) in [5.41, 5.74) is -2.51. The summed E-state index contributed by atoms with van der Waals surface area (Å²) < 4.78 is 10.5. The fourth-order valence-electron chi connectivity index (χ4n) is 2.30. The van der Waals surface area contributed by atoms with Crippen molar-refractivity contribution in [3.05, 3.63) is 0 Å². The van der Waals surface area contributed by atoms with Gasteiger partial charge in [0.2, 0.25) is 0 Å². The molecule has 6 N–H and O–H groups in total. The van der Waals surface area contributed by atoms with Gasteiger partial charge in [0.05, 0.1) is 18.8 Å². The van der Waals surface area contributed by atoms with Crippen LogP contribution >= 0.6 is 0 Å². The highest BCUT2D eigenvalue weighted by Crippen LogP contribution is 2.25. The van der Waals surface area contributed by atoms with Crippen molar-refractivity contribution in [1.82, 2.24) is 5.32 Å². The first-order valence-corrected chi connectivity index (χ1v) is 7.04. The monoisotopic (exact) mass is 337 g/mol. The third-order valence-electron chi connectivity index (χ3n) is 3.93. The van der Waals surface area contributed by atoms with Gasteiger partial charge in [0.15, 0.2) is 30.6 Å². The van der Waals surface area contributed by atoms with Crippen molar-refractivity contribution in [3.63, 3.8) is 0 Å². The van der Waals surface area contributed by atoms with Crippen LogP contribution in [0.25, 0.3) is 0 Å². The van der Waals surface area contributed by atoms with Crippen LogP contribution in [0.5, 0.6) is 0 Å². The number of carbonyl (C=O) groups is 2. The van der Waals surface area contributed by atoms with E-state index in [-0.39, 0.29) is 12.6 Å². The summed E-state index contributed by atoms with van der Waals surface area (Å²) in [6.45, 7) is 0.468. The maximum absolute atomic E-state index is 11.2. The molecule has 0 spiro atoms. The number of rotatable bonds is 8. The van der Waals surface area contributed by atoms with Crippen LogP contribution < -0.4 is 5.32 Å². The Morgan fingerprint density at radius 3 is 2.35 bits per heavy atom. The second-order valence-corrected chi connectivity index (χ2v) is 5.40. The SMILES string of the molecule is CNC1C(OC(C=O)C(O)(C=O)C(C)O)OC(CO)C(O)C1O. The lowest BCUT2D eigenvalue weighted by molar-refractivity contribution is -0.292. The zero-order chi connectivity index (χ0) is 17.8. The van der Waals surface area contributed by atoms with E-state index < -0.39 is 55.1 Å². The van der Waals surface area contributed by atoms with Gasteiger partial charge in [0.25, 0.3) is 0 Å². The smallest absolute Gasteiger partial charge is 0.178 e. The Balaban J connectivity index is 3.02. The summed E-state index contributed by atoms with van der Waals surface area (Å²) in [4.78, 5) is 22.3. The standard InChI is InChI=1S/C13H23NO9/c1-6(18)13(21,5-17)8(4-16)23-12-9(14-2)11(20)10(19)7(3-15)22-12/h4-12,14-15,18-21H,3H2,1-2H3. The highest BCUT2D eigenvalue weighted by molar-refractivity contribution is 5.74. The first-order chi connectivity index (χ1) is 10.8. The minimum Gasteiger partial charge on any atom is -0.394 e. The molecule has 1 aliphatic rings. The Labute approximate surface area is 132 Å². The molecule has 0 aliphatic carbocycles. The van der Waals surface area contributed by atoms with Gasteiger partial charge in [-0.3, -0.25) is 4.79 Å². The average molecular weight is 337 g/mol. The van der Waals surface area contributed by atoms with Gasteiger partial charge in [-0.05, 0) is 14.0 Å². The molecule has 10 heteroatoms. The van der Waals surface area contributed by atoms with E-state index in [1.54, 1.807) is 0 Å². The second-order valence-electron chi connectivity index (χ2n) is 5.40. The van der Waals surface area contributed by atoms with Crippen LogP contribution in [0.1, 0.15) is 6.92 Å². The molecule has 1 aliphatic heterocycles. The number of aliphatic hydroxyl groups is 5. The lowest BCUT2D eigenvalue weighted by Crippen LogP contribution is -2.65. The number of aliphatic hydroxyl groups excluding tert-OH is 4. The zero-order valence-corrected chi connectivity index (χ0v) is 12.8. The summed E-state index contributed by atoms with van der Waals surface area (Å²) in [6, 6.07) is -1.01. The summed E-state index contributed by atoms with van der Waals surface area (Å²) in [5, 5.41) is 51.2. The highest BCUT2D eigenvalue weighted by atomic mass is 16.7. The first kappa shape index (κ1) is 20.1. The summed E-state index contributed by atoms with van der Waals surface area (Å²) in [6.07, 6.45) is -8.70. The lowest BCUT2D eigenvalue weighted by Gasteiger charge is -2.43. The molecule has 0 saturated carbocycles. The van der Waals surface area contributed by atoms with E-state index in [4.69, 9.17) is 14.6 Å². The molecule has 134 valence electrons. The number of nitrogens with one attached hydrogen (secondary N) is 1. The second kappa shape index (κ2) is 8.22. The van der Waals surface area contributed by atoms with Crippen molar-refractivity contribution in [2.75, 3.05) is 13.7 Å². The topological polar surface area (TPSA) is 166 Å². The highest BCUT2D eigenvalue weighted by Gasteiger charge is 2.49. The van der Waals surface area contributed by atoms with E-state index >= 15 is 0 Å². The molecule has 1 saturated heterocycles. The summed E-state index contributed by atoms with van der Waals surface area (Å²) in [5.74, 6) is 0. The maximum atomic E-state index is 11.2. The summed E-state index contributed by atoms with van der Waals surface area (Å²) >= 11 is 0. The minimum absolute atomic E-state index is 0.0251. The third kappa shape index (κ3) is 3.92. The molecule has 8 atom stereocenters. The van der Waals surface area contributed by atoms with Crippen LogP contribution in [-0.2, 0) is 19.1 Å². The van der Waals surface area contributed by atoms with Gasteiger partial charge in [-0.25, -0.2) is 0 Å². The Kier molecular flexibility index (Phi) is 7.17. The van der Waals surface area contributed by atoms with Crippen molar-refractivity contribution < 1.29 is 44.6 Å². The molecule has 1 heterocycles. The molecular weight excluding hydrogens is 314 g/mol. The van der Waals surface area contributed by atoms with E-state index in [1.807, 2.05) is 0 Å². The van der Waals surface area contributed by atoms with Crippen molar-refractivity contribution >= 4 is 12.6 Å². The van der Waals surface area contributed by atoms with Crippen molar-refractivity contribution in [2.24, 2.45) is 0 Å². The third-order valence-corrected chi connectivity index (χ3v) is 3.93. The van der Waals surface area contributed by atoms with Crippen LogP contribution in [0, 0.1) is 0 Å². The van der Waals surface area contributed by atoms with E-state index in [0.717, 1.165) is 6.92 Å². The van der Waals surface area contributed by atoms with Gasteiger partial charge in [-0.2, -0.15) is 0 Å². The lowest BCUT2D eigenvalue weighted by atomic mass is 9.92. The molecule has 0 aromatic heterocycles. The van der Waals surface area contributed by atoms with Crippen molar-refractivity contribution in [2.45, 2.75) is 55.4 Å². The number of carbonyl (C=O) groups excluding carboxylic acids is 2. The Hall–Kier alpha value is -0.980. The van der Waals surface area contributed by atoms with Gasteiger partial charge in [-0.1, -0.05) is 0 Å². The number of likely N-dealkylation sites (N-methyl/N-ethyl adjacent to an activating group) is 1. The van der Waals surface area contributed by atoms with Gasteiger partial charge in [-0.15, -0.1) is 0 Å². The first-order valence-electron chi connectivity index (χ1n) is 7.04. The van der Waals surface area contributed by atoms with E-state index in [9.17, 15) is 30.0 Å². The molecule has 0 amide bonds. The maximum Gasteiger partial charge on any atom is 0.178 e. The van der Waals surface area contributed by atoms with Crippen LogP contribution in [0.2, 0.25) is 0 Å². The largest absolute Gasteiger partial charge is 0.394 e. The number of hydrogen-bond acceptors (Lipinski definition) is 10. The fraction of sp³-hybridized carbons (Fsp3) is 0.846. The Bertz CT molecular complexity index is 407. The molecule has 0 aromatic rings. The van der Waals surface area contributed by atoms with Crippen LogP contribution in [0.3, 0.4) is 0 Å². The molecule has 0 bridgehead atoms. The number of aldehydes is 2. The zero-order valence-electron chi connectivity index (χ0n) is 12.8. The van der Waals surface area contributed by atoms with E-state index in [1.165, 1.54) is 7.05 Å². The van der Waals surface area contributed by atoms with E-state index in [0.29, 0.717) is 0 Å². The molecule has 23 heavy (non-hydrogen) atoms. The van der Waals surface area contributed by atoms with Crippen molar-refractivity contribution in [3.8, 4) is 0 Å². The molecule has 10 nitrogen and oxygen atoms in total. The molecule has 1 fully saturated rings. The Morgan fingerprint density at radius 2 is 1.96 bits per heavy atom. The normalized spacial score (nSPS) is 36.7. The van der Waals surface area contributed by atoms with Crippen LogP contribution in [0.15, 0.2) is 0 Å². The quantitative estimate of drug-likeness (QED) is 0.240. The molecule has 0 radical (unpaired) electrons. The number of hydrogen-bond donors (Lipinski definition) is 6. The fourth-order valence-corrected chi connectivity index (χ4v) is 2.30. The van der Waals surface area contributed by atoms with Gasteiger partial charge in [0, 0.05) is 0 Å². The van der Waals surface area contributed by atoms with Gasteiger partial charge in [0.1, 0.15) is 18.3 Å². The van der Waals surface area contributed by atoms with Gasteiger partial charge < -0.3 is 45.1 Å². The minimum atomic E-state index is -2.51. The predicted molar refractivity (Wildman–Crippen MR) is 74.2 cm³/mol. The van der Waals surface area contributed by atoms with E-state index in [2.05, 4.69) is 5.32 Å². The van der Waals surface area contributed by atoms with Gasteiger partial charge >= 0.3 is 0 Å². The Morgan fingerprint density at radius 1 is 1.35 bits per heavy atom. The molecule has 0 aromatic carbocycles. The molecule has 1 rings (SSSR count).